The number of methoxy groups -OCH3 is 2. The molecule has 0 bridgehead atoms. The lowest BCUT2D eigenvalue weighted by Gasteiger charge is -2.21. The largest absolute Gasteiger partial charge is 0.476 e. The number of primary amides is 1. The summed E-state index contributed by atoms with van der Waals surface area (Å²) < 4.78 is 21.4. The zero-order valence-corrected chi connectivity index (χ0v) is 32.6. The third kappa shape index (κ3) is 12.5. The topological polar surface area (TPSA) is 169 Å². The number of aromatic nitrogens is 2. The Bertz CT molecular complexity index is 1870. The van der Waals surface area contributed by atoms with Crippen molar-refractivity contribution in [2.45, 2.75) is 27.7 Å². The number of carbonyl (C=O) groups excluding carboxylic acids is 4. The van der Waals surface area contributed by atoms with Gasteiger partial charge in [0.25, 0.3) is 5.91 Å². The molecule has 0 atom stereocenters. The lowest BCUT2D eigenvalue weighted by atomic mass is 9.95. The monoisotopic (exact) mass is 760 g/mol. The first-order valence-corrected chi connectivity index (χ1v) is 18.6. The Kier molecular flexibility index (Phi) is 15.6. The molecule has 2 amide bonds. The number of hydrogen-bond acceptors (Lipinski definition) is 12. The van der Waals surface area contributed by atoms with E-state index in [2.05, 4.69) is 15.0 Å². The van der Waals surface area contributed by atoms with E-state index in [1.165, 1.54) is 37.7 Å². The Hall–Kier alpha value is -5.21. The maximum atomic E-state index is 12.2. The minimum Gasteiger partial charge on any atom is -0.476 e. The van der Waals surface area contributed by atoms with E-state index in [4.69, 9.17) is 24.7 Å². The summed E-state index contributed by atoms with van der Waals surface area (Å²) in [5, 5.41) is 0. The second kappa shape index (κ2) is 19.6. The zero-order valence-electron chi connectivity index (χ0n) is 31.0. The summed E-state index contributed by atoms with van der Waals surface area (Å²) in [7, 11) is 2.70. The molecule has 0 saturated heterocycles. The number of esters is 2. The predicted molar refractivity (Wildman–Crippen MR) is 209 cm³/mol. The van der Waals surface area contributed by atoms with Crippen LogP contribution < -0.4 is 15.2 Å². The van der Waals surface area contributed by atoms with Crippen LogP contribution in [0.3, 0.4) is 0 Å². The highest BCUT2D eigenvalue weighted by atomic mass is 32.2. The fourth-order valence-corrected chi connectivity index (χ4v) is 5.42. The first-order chi connectivity index (χ1) is 25.1. The van der Waals surface area contributed by atoms with E-state index in [1.54, 1.807) is 88.6 Å². The van der Waals surface area contributed by atoms with Gasteiger partial charge in [0, 0.05) is 46.8 Å². The maximum absolute atomic E-state index is 12.2. The molecule has 0 radical (unpaired) electrons. The number of thioether (sulfide) groups is 2. The van der Waals surface area contributed by atoms with Gasteiger partial charge in [0.15, 0.2) is 0 Å². The van der Waals surface area contributed by atoms with E-state index in [0.29, 0.717) is 22.9 Å². The van der Waals surface area contributed by atoms with Crippen molar-refractivity contribution in [3.05, 3.63) is 96.3 Å². The maximum Gasteiger partial charge on any atom is 0.314 e. The molecule has 2 aromatic carbocycles. The minimum atomic E-state index is -0.758. The Labute approximate surface area is 318 Å². The lowest BCUT2D eigenvalue weighted by Crippen LogP contribution is -2.32. The van der Waals surface area contributed by atoms with Gasteiger partial charge in [-0.1, -0.05) is 24.3 Å². The molecule has 0 aliphatic heterocycles. The van der Waals surface area contributed by atoms with Crippen LogP contribution >= 0.6 is 23.5 Å². The highest BCUT2D eigenvalue weighted by molar-refractivity contribution is 8.38. The van der Waals surface area contributed by atoms with Gasteiger partial charge in [0.05, 0.1) is 25.0 Å². The number of nitrogens with two attached hydrogens (primary N) is 1. The number of aliphatic imine (C=N–C) groups is 1. The van der Waals surface area contributed by atoms with Crippen LogP contribution in [0.5, 0.6) is 11.8 Å². The van der Waals surface area contributed by atoms with Gasteiger partial charge in [0.2, 0.25) is 17.7 Å². The Morgan fingerprint density at radius 1 is 0.623 bits per heavy atom. The summed E-state index contributed by atoms with van der Waals surface area (Å²) in [6, 6.07) is 21.4. The smallest absolute Gasteiger partial charge is 0.314 e. The SMILES string of the molecule is COC(=O)C(C)(C)COc1ccc(-c2ccc(C(=O)N=C(SC)SC)cc2)cn1.COC(=O)C(C)(C)COc1ccc(-c2ccc(C(N)=O)cc2)cn1. The molecule has 0 fully saturated rings. The highest BCUT2D eigenvalue weighted by Gasteiger charge is 2.30. The molecule has 14 heteroatoms. The van der Waals surface area contributed by atoms with Gasteiger partial charge in [-0.2, -0.15) is 4.99 Å². The molecular weight excluding hydrogens is 717 g/mol. The molecule has 2 aromatic heterocycles. The number of carbonyl (C=O) groups is 4. The molecule has 0 aliphatic carbocycles. The van der Waals surface area contributed by atoms with Crippen molar-refractivity contribution in [3.8, 4) is 34.0 Å². The Morgan fingerprint density at radius 3 is 1.32 bits per heavy atom. The normalized spacial score (nSPS) is 10.9. The highest BCUT2D eigenvalue weighted by Crippen LogP contribution is 2.25. The average Bonchev–Trinajstić information content (AvgIpc) is 3.18. The van der Waals surface area contributed by atoms with Gasteiger partial charge >= 0.3 is 11.9 Å². The molecule has 2 N–H and O–H groups in total. The molecule has 53 heavy (non-hydrogen) atoms. The summed E-state index contributed by atoms with van der Waals surface area (Å²) in [5.74, 6) is -0.552. The Balaban J connectivity index is 0.000000290. The first kappa shape index (κ1) is 42.2. The molecule has 280 valence electrons. The molecule has 12 nitrogen and oxygen atoms in total. The van der Waals surface area contributed by atoms with Crippen molar-refractivity contribution in [3.63, 3.8) is 0 Å². The van der Waals surface area contributed by atoms with Gasteiger partial charge in [-0.05, 0) is 87.7 Å². The van der Waals surface area contributed by atoms with Gasteiger partial charge in [0.1, 0.15) is 17.6 Å². The van der Waals surface area contributed by atoms with Crippen LogP contribution in [-0.2, 0) is 19.1 Å². The van der Waals surface area contributed by atoms with E-state index >= 15 is 0 Å². The van der Waals surface area contributed by atoms with E-state index in [-0.39, 0.29) is 31.1 Å². The third-order valence-electron chi connectivity index (χ3n) is 7.62. The summed E-state index contributed by atoms with van der Waals surface area (Å²) in [6.07, 6.45) is 7.14. The fourth-order valence-electron chi connectivity index (χ4n) is 4.41. The average molecular weight is 761 g/mol. The second-order valence-corrected chi connectivity index (χ2v) is 14.6. The fraction of sp³-hybridized carbons (Fsp3) is 0.308. The molecule has 0 spiro atoms. The van der Waals surface area contributed by atoms with Crippen molar-refractivity contribution >= 4 is 51.7 Å². The molecule has 4 rings (SSSR count). The van der Waals surface area contributed by atoms with E-state index < -0.39 is 16.7 Å². The molecular formula is C39H44N4O8S2. The first-order valence-electron chi connectivity index (χ1n) is 16.2. The van der Waals surface area contributed by atoms with Gasteiger partial charge in [-0.15, -0.1) is 23.5 Å². The number of amides is 2. The van der Waals surface area contributed by atoms with Crippen molar-refractivity contribution in [1.82, 2.24) is 9.97 Å². The number of pyridine rings is 2. The van der Waals surface area contributed by atoms with Crippen molar-refractivity contribution in [2.24, 2.45) is 21.6 Å². The summed E-state index contributed by atoms with van der Waals surface area (Å²) >= 11 is 2.90. The van der Waals surface area contributed by atoms with Gasteiger partial charge in [-0.3, -0.25) is 19.2 Å². The van der Waals surface area contributed by atoms with E-state index in [9.17, 15) is 19.2 Å². The minimum absolute atomic E-state index is 0.164. The number of rotatable bonds is 12. The predicted octanol–water partition coefficient (Wildman–Crippen LogP) is 6.97. The second-order valence-electron chi connectivity index (χ2n) is 12.7. The third-order valence-corrected chi connectivity index (χ3v) is 9.50. The van der Waals surface area contributed by atoms with Gasteiger partial charge < -0.3 is 24.7 Å². The van der Waals surface area contributed by atoms with Crippen LogP contribution in [0, 0.1) is 10.8 Å². The summed E-state index contributed by atoms with van der Waals surface area (Å²) in [5.41, 5.74) is 8.31. The van der Waals surface area contributed by atoms with Crippen LogP contribution in [0.1, 0.15) is 48.4 Å². The summed E-state index contributed by atoms with van der Waals surface area (Å²) in [6.45, 7) is 7.32. The van der Waals surface area contributed by atoms with E-state index in [1.807, 2.05) is 36.8 Å². The number of ether oxygens (including phenoxy) is 4. The molecule has 0 aliphatic rings. The number of nitrogens with zero attached hydrogens (tertiary/aromatic N) is 3. The lowest BCUT2D eigenvalue weighted by molar-refractivity contribution is -0.153. The van der Waals surface area contributed by atoms with E-state index in [0.717, 1.165) is 26.6 Å². The molecule has 0 saturated carbocycles. The number of hydrogen-bond donors (Lipinski definition) is 1. The molecule has 0 unspecified atom stereocenters. The number of benzene rings is 2. The summed E-state index contributed by atoms with van der Waals surface area (Å²) in [4.78, 5) is 59.2. The van der Waals surface area contributed by atoms with Gasteiger partial charge in [-0.25, -0.2) is 9.97 Å². The van der Waals surface area contributed by atoms with Crippen molar-refractivity contribution in [1.29, 1.82) is 0 Å². The molecule has 4 aromatic rings. The van der Waals surface area contributed by atoms with Crippen LogP contribution in [0.25, 0.3) is 22.3 Å². The van der Waals surface area contributed by atoms with Crippen LogP contribution in [-0.4, -0.2) is 78.0 Å². The Morgan fingerprint density at radius 2 is 1.00 bits per heavy atom. The quantitative estimate of drug-likeness (QED) is 0.0895. The molecule has 2 heterocycles. The van der Waals surface area contributed by atoms with Crippen LogP contribution in [0.2, 0.25) is 0 Å². The van der Waals surface area contributed by atoms with Crippen LogP contribution in [0.4, 0.5) is 0 Å². The van der Waals surface area contributed by atoms with Crippen molar-refractivity contribution in [2.75, 3.05) is 39.9 Å². The van der Waals surface area contributed by atoms with Crippen LogP contribution in [0.15, 0.2) is 90.2 Å². The standard InChI is InChI=1S/C21H24N2O4S2.C18H20N2O4/c1-21(2,19(25)26-3)13-27-17-11-10-16(12-22-17)14-6-8-15(9-7-14)18(24)23-20(28-4)29-5;1-18(2,17(22)23-3)11-24-15-9-8-14(10-20-15)12-4-6-13(7-5-12)16(19)21/h6-12H,13H2,1-5H3;4-10H,11H2,1-3H3,(H2,19,21). The van der Waals surface area contributed by atoms with Crippen molar-refractivity contribution < 1.29 is 38.1 Å². The zero-order chi connectivity index (χ0) is 39.2.